The molecule has 2 rings (SSSR count). The van der Waals surface area contributed by atoms with Gasteiger partial charge >= 0.3 is 0 Å². The van der Waals surface area contributed by atoms with Crippen LogP contribution in [-0.4, -0.2) is 17.0 Å². The Hall–Kier alpha value is -1.45. The Morgan fingerprint density at radius 2 is 2.19 bits per heavy atom. The van der Waals surface area contributed by atoms with Gasteiger partial charge in [-0.05, 0) is 24.7 Å². The Kier molecular flexibility index (Phi) is 3.49. The Bertz CT molecular complexity index is 471. The van der Waals surface area contributed by atoms with Gasteiger partial charge < -0.3 is 5.32 Å². The van der Waals surface area contributed by atoms with Gasteiger partial charge in [-0.3, -0.25) is 9.97 Å². The maximum atomic E-state index is 6.00. The average Bonchev–Trinajstić information content (AvgIpc) is 2.33. The first kappa shape index (κ1) is 11.0. The van der Waals surface area contributed by atoms with Crippen LogP contribution >= 0.6 is 11.6 Å². The first-order chi connectivity index (χ1) is 7.81. The lowest BCUT2D eigenvalue weighted by molar-refractivity contribution is 0.819. The van der Waals surface area contributed by atoms with Crippen molar-refractivity contribution < 1.29 is 0 Å². The standard InChI is InChI=1S/C12H12ClN3/c1-14-7-9-2-3-10(13)6-11(9)12-8-15-4-5-16-12/h2-6,8,14H,7H2,1H3. The lowest BCUT2D eigenvalue weighted by Gasteiger charge is -2.08. The zero-order chi connectivity index (χ0) is 11.4. The zero-order valence-electron chi connectivity index (χ0n) is 8.94. The molecular weight excluding hydrogens is 222 g/mol. The minimum Gasteiger partial charge on any atom is -0.316 e. The molecule has 1 aromatic heterocycles. The number of rotatable bonds is 3. The van der Waals surface area contributed by atoms with Crippen molar-refractivity contribution in [1.29, 1.82) is 0 Å². The molecule has 0 aliphatic heterocycles. The molecule has 0 bridgehead atoms. The van der Waals surface area contributed by atoms with E-state index in [1.165, 1.54) is 0 Å². The summed E-state index contributed by atoms with van der Waals surface area (Å²) in [5, 5.41) is 3.83. The lowest BCUT2D eigenvalue weighted by atomic mass is 10.0. The first-order valence-electron chi connectivity index (χ1n) is 5.00. The molecule has 0 saturated heterocycles. The van der Waals surface area contributed by atoms with Crippen LogP contribution in [0.4, 0.5) is 0 Å². The van der Waals surface area contributed by atoms with E-state index in [0.29, 0.717) is 5.02 Å². The molecule has 1 aromatic carbocycles. The molecule has 3 nitrogen and oxygen atoms in total. The highest BCUT2D eigenvalue weighted by Gasteiger charge is 2.06. The summed E-state index contributed by atoms with van der Waals surface area (Å²) in [6, 6.07) is 5.80. The highest BCUT2D eigenvalue weighted by molar-refractivity contribution is 6.30. The summed E-state index contributed by atoms with van der Waals surface area (Å²) in [5.74, 6) is 0. The van der Waals surface area contributed by atoms with Crippen molar-refractivity contribution in [1.82, 2.24) is 15.3 Å². The molecule has 16 heavy (non-hydrogen) atoms. The van der Waals surface area contributed by atoms with Crippen LogP contribution < -0.4 is 5.32 Å². The fourth-order valence-corrected chi connectivity index (χ4v) is 1.74. The van der Waals surface area contributed by atoms with E-state index in [4.69, 9.17) is 11.6 Å². The molecule has 0 unspecified atom stereocenters. The second-order valence-electron chi connectivity index (χ2n) is 3.42. The van der Waals surface area contributed by atoms with Crippen molar-refractivity contribution in [2.24, 2.45) is 0 Å². The van der Waals surface area contributed by atoms with Crippen molar-refractivity contribution in [2.75, 3.05) is 7.05 Å². The molecule has 0 saturated carbocycles. The van der Waals surface area contributed by atoms with Crippen LogP contribution in [-0.2, 0) is 6.54 Å². The maximum absolute atomic E-state index is 6.00. The second kappa shape index (κ2) is 5.05. The minimum atomic E-state index is 0.709. The number of nitrogens with zero attached hydrogens (tertiary/aromatic N) is 2. The SMILES string of the molecule is CNCc1ccc(Cl)cc1-c1cnccn1. The topological polar surface area (TPSA) is 37.8 Å². The Labute approximate surface area is 99.5 Å². The van der Waals surface area contributed by atoms with Gasteiger partial charge in [0.05, 0.1) is 11.9 Å². The molecule has 0 radical (unpaired) electrons. The van der Waals surface area contributed by atoms with Gasteiger partial charge in [0.25, 0.3) is 0 Å². The van der Waals surface area contributed by atoms with Crippen LogP contribution in [0.1, 0.15) is 5.56 Å². The van der Waals surface area contributed by atoms with E-state index in [-0.39, 0.29) is 0 Å². The summed E-state index contributed by atoms with van der Waals surface area (Å²) in [5.41, 5.74) is 3.03. The molecule has 0 amide bonds. The largest absolute Gasteiger partial charge is 0.316 e. The van der Waals surface area contributed by atoms with Crippen LogP contribution in [0.25, 0.3) is 11.3 Å². The molecule has 0 aliphatic carbocycles. The Morgan fingerprint density at radius 1 is 1.31 bits per heavy atom. The van der Waals surface area contributed by atoms with Gasteiger partial charge in [0.2, 0.25) is 0 Å². The Morgan fingerprint density at radius 3 is 2.88 bits per heavy atom. The number of halogens is 1. The third-order valence-corrected chi connectivity index (χ3v) is 2.51. The summed E-state index contributed by atoms with van der Waals surface area (Å²) < 4.78 is 0. The van der Waals surface area contributed by atoms with Crippen LogP contribution in [0.2, 0.25) is 5.02 Å². The monoisotopic (exact) mass is 233 g/mol. The van der Waals surface area contributed by atoms with Gasteiger partial charge in [-0.25, -0.2) is 0 Å². The number of aromatic nitrogens is 2. The van der Waals surface area contributed by atoms with E-state index >= 15 is 0 Å². The van der Waals surface area contributed by atoms with Gasteiger partial charge in [0.15, 0.2) is 0 Å². The highest BCUT2D eigenvalue weighted by atomic mass is 35.5. The third kappa shape index (κ3) is 2.38. The normalized spacial score (nSPS) is 10.4. The highest BCUT2D eigenvalue weighted by Crippen LogP contribution is 2.24. The van der Waals surface area contributed by atoms with Crippen molar-refractivity contribution >= 4 is 11.6 Å². The number of nitrogens with one attached hydrogen (secondary N) is 1. The van der Waals surface area contributed by atoms with Gasteiger partial charge in [0.1, 0.15) is 0 Å². The van der Waals surface area contributed by atoms with Gasteiger partial charge in [-0.2, -0.15) is 0 Å². The molecule has 1 heterocycles. The molecule has 4 heteroatoms. The van der Waals surface area contributed by atoms with Crippen molar-refractivity contribution in [3.05, 3.63) is 47.4 Å². The molecule has 0 atom stereocenters. The maximum Gasteiger partial charge on any atom is 0.0888 e. The van der Waals surface area contributed by atoms with E-state index < -0.39 is 0 Å². The quantitative estimate of drug-likeness (QED) is 0.885. The zero-order valence-corrected chi connectivity index (χ0v) is 9.70. The minimum absolute atomic E-state index is 0.709. The second-order valence-corrected chi connectivity index (χ2v) is 3.86. The van der Waals surface area contributed by atoms with Crippen molar-refractivity contribution in [2.45, 2.75) is 6.54 Å². The molecule has 2 aromatic rings. The smallest absolute Gasteiger partial charge is 0.0888 e. The Balaban J connectivity index is 2.49. The molecule has 0 spiro atoms. The van der Waals surface area contributed by atoms with E-state index in [2.05, 4.69) is 15.3 Å². The first-order valence-corrected chi connectivity index (χ1v) is 5.38. The predicted molar refractivity (Wildman–Crippen MR) is 65.2 cm³/mol. The molecule has 82 valence electrons. The number of benzene rings is 1. The molecule has 0 fully saturated rings. The molecule has 1 N–H and O–H groups in total. The van der Waals surface area contributed by atoms with Gasteiger partial charge in [0, 0.05) is 29.5 Å². The predicted octanol–water partition coefficient (Wildman–Crippen LogP) is 2.52. The van der Waals surface area contributed by atoms with Crippen LogP contribution in [0.3, 0.4) is 0 Å². The molecular formula is C12H12ClN3. The van der Waals surface area contributed by atoms with Crippen molar-refractivity contribution in [3.8, 4) is 11.3 Å². The van der Waals surface area contributed by atoms with Gasteiger partial charge in [-0.15, -0.1) is 0 Å². The number of hydrogen-bond donors (Lipinski definition) is 1. The summed E-state index contributed by atoms with van der Waals surface area (Å²) in [7, 11) is 1.91. The van der Waals surface area contributed by atoms with Gasteiger partial charge in [-0.1, -0.05) is 17.7 Å². The van der Waals surface area contributed by atoms with E-state index in [0.717, 1.165) is 23.4 Å². The summed E-state index contributed by atoms with van der Waals surface area (Å²) in [4.78, 5) is 8.35. The van der Waals surface area contributed by atoms with E-state index in [9.17, 15) is 0 Å². The number of hydrogen-bond acceptors (Lipinski definition) is 3. The lowest BCUT2D eigenvalue weighted by Crippen LogP contribution is -2.06. The summed E-state index contributed by atoms with van der Waals surface area (Å²) >= 11 is 6.00. The van der Waals surface area contributed by atoms with Crippen LogP contribution in [0.15, 0.2) is 36.8 Å². The van der Waals surface area contributed by atoms with Crippen molar-refractivity contribution in [3.63, 3.8) is 0 Å². The van der Waals surface area contributed by atoms with Crippen LogP contribution in [0, 0.1) is 0 Å². The average molecular weight is 234 g/mol. The molecule has 0 aliphatic rings. The van der Waals surface area contributed by atoms with E-state index in [1.807, 2.05) is 25.2 Å². The fourth-order valence-electron chi connectivity index (χ4n) is 1.57. The van der Waals surface area contributed by atoms with E-state index in [1.54, 1.807) is 18.6 Å². The third-order valence-electron chi connectivity index (χ3n) is 2.28. The summed E-state index contributed by atoms with van der Waals surface area (Å²) in [6.07, 6.45) is 5.08. The van der Waals surface area contributed by atoms with Crippen LogP contribution in [0.5, 0.6) is 0 Å². The fraction of sp³-hybridized carbons (Fsp3) is 0.167. The summed E-state index contributed by atoms with van der Waals surface area (Å²) in [6.45, 7) is 0.781.